The van der Waals surface area contributed by atoms with Gasteiger partial charge in [-0.25, -0.2) is 15.0 Å². The number of rotatable bonds is 6. The zero-order valence-electron chi connectivity index (χ0n) is 40.5. The van der Waals surface area contributed by atoms with Crippen LogP contribution in [0.15, 0.2) is 204 Å². The molecule has 3 aromatic heterocycles. The Hall–Kier alpha value is -7.73. The third kappa shape index (κ3) is 5.78. The quantitative estimate of drug-likeness (QED) is 0.168. The molecule has 12 rings (SSSR count). The predicted octanol–water partition coefficient (Wildman–Crippen LogP) is 15.3. The second-order valence-corrected chi connectivity index (χ2v) is 15.5. The summed E-state index contributed by atoms with van der Waals surface area (Å²) in [6.45, 7) is 0. The Morgan fingerprint density at radius 3 is 1.82 bits per heavy atom. The standard InChI is InChI=1S/C55H33N3OS/c1-3-12-34(13-4-1)35-24-26-38(27-25-35)53-56-54(58-55(57-53)41-29-30-45-48-23-11-21-44(36-14-5-2-6-15-36)52(48)60-49(45)33-41)40-18-9-17-39(32-40)43-20-10-22-46-47-31-28-37-16-7-8-19-42(37)50(47)59-51(43)46/h1-33H/i7D,8D,10D,16D,19D,20D,22D,28D,31D. The summed E-state index contributed by atoms with van der Waals surface area (Å²) in [7, 11) is 0. The Balaban J connectivity index is 1.05. The second-order valence-electron chi connectivity index (χ2n) is 14.5. The van der Waals surface area contributed by atoms with Gasteiger partial charge in [-0.2, -0.15) is 0 Å². The molecule has 12 aromatic rings. The SMILES string of the molecule is [2H]c1c([2H])c([2H])c2c(oc3c4c([2H])c([2H])c([2H])c([2H])c4c([2H])c([2H])c32)c1-c1cccc(-c2nc(-c3ccc(-c4ccccc4)cc3)nc(-c3ccc4c(c3)sc3c(-c5ccccc5)cccc34)n2)c1. The summed E-state index contributed by atoms with van der Waals surface area (Å²) in [6.07, 6.45) is 0. The number of hydrogen-bond acceptors (Lipinski definition) is 5. The van der Waals surface area contributed by atoms with Crippen LogP contribution in [0.2, 0.25) is 0 Å². The molecule has 0 N–H and O–H groups in total. The smallest absolute Gasteiger partial charge is 0.164 e. The molecule has 280 valence electrons. The summed E-state index contributed by atoms with van der Waals surface area (Å²) in [5.41, 5.74) is 6.89. The second kappa shape index (κ2) is 14.0. The molecule has 0 saturated heterocycles. The molecule has 0 saturated carbocycles. The number of thiophene rings is 1. The van der Waals surface area contributed by atoms with Crippen LogP contribution >= 0.6 is 11.3 Å². The highest BCUT2D eigenvalue weighted by Gasteiger charge is 2.18. The maximum absolute atomic E-state index is 9.23. The molecule has 0 aliphatic carbocycles. The number of fused-ring (bicyclic) bond motifs is 8. The van der Waals surface area contributed by atoms with Gasteiger partial charge in [-0.1, -0.05) is 182 Å². The fourth-order valence-electron chi connectivity index (χ4n) is 7.94. The van der Waals surface area contributed by atoms with E-state index in [1.54, 1.807) is 29.5 Å². The first-order valence-corrected chi connectivity index (χ1v) is 20.2. The van der Waals surface area contributed by atoms with E-state index in [4.69, 9.17) is 30.3 Å². The number of hydrogen-bond donors (Lipinski definition) is 0. The lowest BCUT2D eigenvalue weighted by Crippen LogP contribution is -2.00. The highest BCUT2D eigenvalue weighted by atomic mass is 32.1. The Kier molecular flexibility index (Phi) is 6.13. The number of nitrogens with zero attached hydrogens (tertiary/aromatic N) is 3. The number of aromatic nitrogens is 3. The third-order valence-corrected chi connectivity index (χ3v) is 12.1. The summed E-state index contributed by atoms with van der Waals surface area (Å²) in [5.74, 6) is 1.20. The van der Waals surface area contributed by atoms with E-state index in [9.17, 15) is 1.37 Å². The first-order chi connectivity index (χ1) is 33.5. The van der Waals surface area contributed by atoms with Gasteiger partial charge in [-0.05, 0) is 51.4 Å². The molecule has 0 spiro atoms. The van der Waals surface area contributed by atoms with Gasteiger partial charge in [0.25, 0.3) is 0 Å². The van der Waals surface area contributed by atoms with Crippen LogP contribution in [0.1, 0.15) is 12.3 Å². The van der Waals surface area contributed by atoms with E-state index in [0.29, 0.717) is 28.6 Å². The Morgan fingerprint density at radius 2 is 1.00 bits per heavy atom. The minimum Gasteiger partial charge on any atom is -0.455 e. The minimum atomic E-state index is -0.552. The molecule has 0 fully saturated rings. The van der Waals surface area contributed by atoms with Crippen molar-refractivity contribution in [2.24, 2.45) is 0 Å². The van der Waals surface area contributed by atoms with Crippen molar-refractivity contribution in [3.63, 3.8) is 0 Å². The van der Waals surface area contributed by atoms with Gasteiger partial charge in [-0.3, -0.25) is 0 Å². The van der Waals surface area contributed by atoms with E-state index in [0.717, 1.165) is 48.9 Å². The van der Waals surface area contributed by atoms with Crippen molar-refractivity contribution in [1.82, 2.24) is 15.0 Å². The fraction of sp³-hybridized carbons (Fsp3) is 0. The van der Waals surface area contributed by atoms with Crippen molar-refractivity contribution in [1.29, 1.82) is 0 Å². The molecule has 4 nitrogen and oxygen atoms in total. The normalized spacial score (nSPS) is 13.8. The fourth-order valence-corrected chi connectivity index (χ4v) is 9.22. The largest absolute Gasteiger partial charge is 0.455 e. The first kappa shape index (κ1) is 26.3. The van der Waals surface area contributed by atoms with E-state index in [1.807, 2.05) is 72.8 Å². The maximum atomic E-state index is 9.23. The average molecular weight is 793 g/mol. The van der Waals surface area contributed by atoms with Gasteiger partial charge in [0.15, 0.2) is 17.5 Å². The van der Waals surface area contributed by atoms with Crippen LogP contribution < -0.4 is 0 Å². The zero-order valence-corrected chi connectivity index (χ0v) is 32.3. The van der Waals surface area contributed by atoms with Crippen LogP contribution in [0.25, 0.3) is 120 Å². The topological polar surface area (TPSA) is 51.8 Å². The lowest BCUT2D eigenvalue weighted by Gasteiger charge is -2.10. The lowest BCUT2D eigenvalue weighted by atomic mass is 9.99. The van der Waals surface area contributed by atoms with Crippen LogP contribution in [-0.4, -0.2) is 15.0 Å². The molecule has 0 bridgehead atoms. The average Bonchev–Trinajstić information content (AvgIpc) is 3.97. The van der Waals surface area contributed by atoms with Crippen LogP contribution in [0.3, 0.4) is 0 Å². The number of para-hydroxylation sites is 1. The Labute approximate surface area is 362 Å². The zero-order chi connectivity index (χ0) is 47.4. The molecule has 0 aliphatic rings. The van der Waals surface area contributed by atoms with Crippen molar-refractivity contribution in [2.75, 3.05) is 0 Å². The molecule has 0 aliphatic heterocycles. The highest BCUT2D eigenvalue weighted by Crippen LogP contribution is 2.42. The lowest BCUT2D eigenvalue weighted by molar-refractivity contribution is 0.674. The van der Waals surface area contributed by atoms with E-state index in [-0.39, 0.29) is 44.3 Å². The van der Waals surface area contributed by atoms with Gasteiger partial charge >= 0.3 is 0 Å². The van der Waals surface area contributed by atoms with E-state index >= 15 is 0 Å². The highest BCUT2D eigenvalue weighted by molar-refractivity contribution is 7.26. The molecule has 0 amide bonds. The molecular weight excluding hydrogens is 751 g/mol. The van der Waals surface area contributed by atoms with Gasteiger partial charge in [0.2, 0.25) is 0 Å². The number of furan rings is 1. The van der Waals surface area contributed by atoms with Crippen molar-refractivity contribution < 1.29 is 16.8 Å². The summed E-state index contributed by atoms with van der Waals surface area (Å²) in [4.78, 5) is 15.2. The molecule has 0 unspecified atom stereocenters. The van der Waals surface area contributed by atoms with E-state index in [1.165, 1.54) is 4.70 Å². The maximum Gasteiger partial charge on any atom is 0.164 e. The first-order valence-electron chi connectivity index (χ1n) is 23.9. The third-order valence-electron chi connectivity index (χ3n) is 10.9. The van der Waals surface area contributed by atoms with Crippen LogP contribution in [-0.2, 0) is 0 Å². The molecule has 5 heteroatoms. The summed E-state index contributed by atoms with van der Waals surface area (Å²) in [6, 6.07) is 44.1. The molecule has 0 atom stereocenters. The monoisotopic (exact) mass is 792 g/mol. The summed E-state index contributed by atoms with van der Waals surface area (Å²) >= 11 is 1.72. The van der Waals surface area contributed by atoms with Gasteiger partial charge in [0.1, 0.15) is 11.2 Å². The van der Waals surface area contributed by atoms with Crippen LogP contribution in [0, 0.1) is 0 Å². The molecule has 9 aromatic carbocycles. The van der Waals surface area contributed by atoms with Crippen molar-refractivity contribution in [3.05, 3.63) is 200 Å². The summed E-state index contributed by atoms with van der Waals surface area (Å²) in [5, 5.41) is 1.93. The molecule has 60 heavy (non-hydrogen) atoms. The molecule has 3 heterocycles. The number of benzene rings is 9. The van der Waals surface area contributed by atoms with Gasteiger partial charge < -0.3 is 4.42 Å². The minimum absolute atomic E-state index is 0.00424. The summed E-state index contributed by atoms with van der Waals surface area (Å²) < 4.78 is 87.9. The van der Waals surface area contributed by atoms with Crippen LogP contribution in [0.5, 0.6) is 0 Å². The molecule has 0 radical (unpaired) electrons. The van der Waals surface area contributed by atoms with Gasteiger partial charge in [0.05, 0.1) is 12.3 Å². The Bertz CT molecular complexity index is 4120. The van der Waals surface area contributed by atoms with Crippen molar-refractivity contribution in [2.45, 2.75) is 0 Å². The Morgan fingerprint density at radius 1 is 0.383 bits per heavy atom. The predicted molar refractivity (Wildman–Crippen MR) is 250 cm³/mol. The van der Waals surface area contributed by atoms with Gasteiger partial charge in [-0.15, -0.1) is 11.3 Å². The van der Waals surface area contributed by atoms with Crippen molar-refractivity contribution >= 4 is 64.2 Å². The van der Waals surface area contributed by atoms with Crippen LogP contribution in [0.4, 0.5) is 0 Å². The van der Waals surface area contributed by atoms with E-state index in [2.05, 4.69) is 54.6 Å². The van der Waals surface area contributed by atoms with Gasteiger partial charge in [0, 0.05) is 58.6 Å². The van der Waals surface area contributed by atoms with Crippen molar-refractivity contribution in [3.8, 4) is 67.5 Å². The van der Waals surface area contributed by atoms with E-state index < -0.39 is 48.3 Å². The molecular formula is C55H33N3OS.